The summed E-state index contributed by atoms with van der Waals surface area (Å²) >= 11 is 0. The lowest BCUT2D eigenvalue weighted by atomic mass is 9.89. The Kier molecular flexibility index (Phi) is 7.38. The number of ether oxygens (including phenoxy) is 1. The molecule has 0 unspecified atom stereocenters. The van der Waals surface area contributed by atoms with E-state index in [0.717, 1.165) is 64.6 Å². The maximum atomic E-state index is 10.4. The molecule has 0 bridgehead atoms. The summed E-state index contributed by atoms with van der Waals surface area (Å²) in [4.78, 5) is 14.1. The van der Waals surface area contributed by atoms with E-state index in [2.05, 4.69) is 70.5 Å². The summed E-state index contributed by atoms with van der Waals surface area (Å²) in [7, 11) is 0. The Morgan fingerprint density at radius 3 is 1.96 bits per heavy atom. The number of anilines is 5. The zero-order valence-corrected chi connectivity index (χ0v) is 27.6. The molecule has 0 saturated carbocycles. The lowest BCUT2D eigenvalue weighted by Gasteiger charge is -2.36. The van der Waals surface area contributed by atoms with Crippen molar-refractivity contribution >= 4 is 45.6 Å². The van der Waals surface area contributed by atoms with Crippen LogP contribution in [0.5, 0.6) is 11.5 Å². The van der Waals surface area contributed by atoms with Crippen LogP contribution in [0, 0.1) is 22.7 Å². The first-order valence-corrected chi connectivity index (χ1v) is 17.0. The molecule has 3 heterocycles. The molecule has 5 aromatic carbocycles. The van der Waals surface area contributed by atoms with Gasteiger partial charge in [0, 0.05) is 33.9 Å². The van der Waals surface area contributed by atoms with E-state index in [-0.39, 0.29) is 12.3 Å². The van der Waals surface area contributed by atoms with Gasteiger partial charge >= 0.3 is 0 Å². The SMILES string of the molecule is N#CC1=NC(c2ccc(N3C4=C(CCC=C4)Cc4ccccc43)cc2)=C(C#N)CN=C1c1ccc(N2c3ccccc3Oc3ccccc32)cc1. The molecule has 9 rings (SSSR count). The van der Waals surface area contributed by atoms with Gasteiger partial charge in [0.15, 0.2) is 17.2 Å². The molecule has 0 amide bonds. The molecule has 51 heavy (non-hydrogen) atoms. The van der Waals surface area contributed by atoms with Crippen LogP contribution in [0.3, 0.4) is 0 Å². The third kappa shape index (κ3) is 5.20. The zero-order chi connectivity index (χ0) is 34.3. The first-order valence-electron chi connectivity index (χ1n) is 17.0. The lowest BCUT2D eigenvalue weighted by Crippen LogP contribution is -2.24. The van der Waals surface area contributed by atoms with E-state index in [9.17, 15) is 10.5 Å². The summed E-state index contributed by atoms with van der Waals surface area (Å²) in [5.41, 5.74) is 12.0. The maximum absolute atomic E-state index is 10.4. The molecule has 0 fully saturated rings. The number of benzene rings is 5. The fourth-order valence-corrected chi connectivity index (χ4v) is 7.32. The molecule has 4 aliphatic rings. The summed E-state index contributed by atoms with van der Waals surface area (Å²) in [6.07, 6.45) is 7.56. The van der Waals surface area contributed by atoms with Crippen molar-refractivity contribution in [3.63, 3.8) is 0 Å². The summed E-state index contributed by atoms with van der Waals surface area (Å²) in [5, 5.41) is 20.6. The van der Waals surface area contributed by atoms with E-state index in [4.69, 9.17) is 14.7 Å². The van der Waals surface area contributed by atoms with Gasteiger partial charge in [-0.2, -0.15) is 10.5 Å². The van der Waals surface area contributed by atoms with Gasteiger partial charge in [-0.3, -0.25) is 4.99 Å². The number of allylic oxidation sites excluding steroid dienone is 3. The highest BCUT2D eigenvalue weighted by Gasteiger charge is 2.28. The number of fused-ring (bicyclic) bond motifs is 3. The quantitative estimate of drug-likeness (QED) is 0.188. The number of aliphatic imine (C=N–C) groups is 2. The normalized spacial score (nSPS) is 16.0. The monoisotopic (exact) mass is 658 g/mol. The number of hydrogen-bond donors (Lipinski definition) is 0. The minimum atomic E-state index is 0.115. The summed E-state index contributed by atoms with van der Waals surface area (Å²) in [6, 6.07) is 45.1. The third-order valence-electron chi connectivity index (χ3n) is 9.73. The second-order valence-electron chi connectivity index (χ2n) is 12.7. The van der Waals surface area contributed by atoms with E-state index in [1.165, 1.54) is 22.5 Å². The van der Waals surface area contributed by atoms with Crippen LogP contribution < -0.4 is 14.5 Å². The Labute approximate surface area is 296 Å². The van der Waals surface area contributed by atoms with Crippen LogP contribution in [-0.4, -0.2) is 18.0 Å². The van der Waals surface area contributed by atoms with Crippen LogP contribution in [0.2, 0.25) is 0 Å². The molecule has 1 aliphatic carbocycles. The molecule has 3 aliphatic heterocycles. The fraction of sp³-hybridized carbons (Fsp3) is 0.0909. The largest absolute Gasteiger partial charge is 0.453 e. The predicted molar refractivity (Wildman–Crippen MR) is 202 cm³/mol. The first kappa shape index (κ1) is 30.1. The highest BCUT2D eigenvalue weighted by atomic mass is 16.5. The van der Waals surface area contributed by atoms with Crippen LogP contribution in [0.25, 0.3) is 5.70 Å². The Bertz CT molecular complexity index is 2430. The van der Waals surface area contributed by atoms with Gasteiger partial charge in [0.25, 0.3) is 0 Å². The van der Waals surface area contributed by atoms with Gasteiger partial charge in [0.1, 0.15) is 11.8 Å². The van der Waals surface area contributed by atoms with Gasteiger partial charge in [-0.15, -0.1) is 0 Å². The van der Waals surface area contributed by atoms with E-state index in [1.54, 1.807) is 0 Å². The summed E-state index contributed by atoms with van der Waals surface area (Å²) < 4.78 is 6.18. The smallest absolute Gasteiger partial charge is 0.166 e. The molecule has 5 aromatic rings. The Hall–Kier alpha value is -6.96. The Morgan fingerprint density at radius 1 is 0.647 bits per heavy atom. The van der Waals surface area contributed by atoms with Crippen LogP contribution in [-0.2, 0) is 6.42 Å². The van der Waals surface area contributed by atoms with Crippen molar-refractivity contribution in [1.82, 2.24) is 0 Å². The maximum Gasteiger partial charge on any atom is 0.166 e. The number of nitrogens with zero attached hydrogens (tertiary/aromatic N) is 6. The highest BCUT2D eigenvalue weighted by molar-refractivity contribution is 6.54. The predicted octanol–water partition coefficient (Wildman–Crippen LogP) is 10.3. The van der Waals surface area contributed by atoms with E-state index in [1.807, 2.05) is 84.9 Å². The van der Waals surface area contributed by atoms with Crippen molar-refractivity contribution in [2.45, 2.75) is 19.3 Å². The molecular formula is C44H30N6O. The van der Waals surface area contributed by atoms with Crippen molar-refractivity contribution in [2.24, 2.45) is 9.98 Å². The third-order valence-corrected chi connectivity index (χ3v) is 9.73. The van der Waals surface area contributed by atoms with E-state index >= 15 is 0 Å². The molecule has 7 nitrogen and oxygen atoms in total. The van der Waals surface area contributed by atoms with Gasteiger partial charge in [0.2, 0.25) is 0 Å². The lowest BCUT2D eigenvalue weighted by molar-refractivity contribution is 0.477. The first-order chi connectivity index (χ1) is 25.2. The van der Waals surface area contributed by atoms with Gasteiger partial charge in [0.05, 0.1) is 35.3 Å². The van der Waals surface area contributed by atoms with Crippen molar-refractivity contribution in [3.05, 3.63) is 167 Å². The highest BCUT2D eigenvalue weighted by Crippen LogP contribution is 2.50. The van der Waals surface area contributed by atoms with Crippen molar-refractivity contribution in [1.29, 1.82) is 10.5 Å². The van der Waals surface area contributed by atoms with Gasteiger partial charge in [-0.05, 0) is 91.1 Å². The van der Waals surface area contributed by atoms with Crippen LogP contribution in [0.1, 0.15) is 29.5 Å². The molecule has 242 valence electrons. The van der Waals surface area contributed by atoms with Gasteiger partial charge in [-0.25, -0.2) is 4.99 Å². The Balaban J connectivity index is 1.04. The fourth-order valence-electron chi connectivity index (χ4n) is 7.32. The number of rotatable bonds is 4. The molecule has 0 radical (unpaired) electrons. The average molecular weight is 659 g/mol. The summed E-state index contributed by atoms with van der Waals surface area (Å²) in [6.45, 7) is 0.115. The zero-order valence-electron chi connectivity index (χ0n) is 27.6. The van der Waals surface area contributed by atoms with Crippen LogP contribution >= 0.6 is 0 Å². The van der Waals surface area contributed by atoms with Crippen LogP contribution in [0.15, 0.2) is 160 Å². The minimum Gasteiger partial charge on any atom is -0.453 e. The topological polar surface area (TPSA) is 88.0 Å². The molecule has 0 atom stereocenters. The minimum absolute atomic E-state index is 0.115. The average Bonchev–Trinajstić information content (AvgIpc) is 3.38. The van der Waals surface area contributed by atoms with Gasteiger partial charge in [-0.1, -0.05) is 72.8 Å². The molecule has 0 saturated heterocycles. The molecule has 0 spiro atoms. The van der Waals surface area contributed by atoms with Crippen molar-refractivity contribution < 1.29 is 4.74 Å². The number of para-hydroxylation sites is 5. The number of hydrogen-bond acceptors (Lipinski definition) is 7. The van der Waals surface area contributed by atoms with Gasteiger partial charge < -0.3 is 14.5 Å². The second-order valence-corrected chi connectivity index (χ2v) is 12.7. The second kappa shape index (κ2) is 12.5. The van der Waals surface area contributed by atoms with E-state index < -0.39 is 0 Å². The number of nitriles is 2. The molecule has 0 aromatic heterocycles. The molecule has 7 heteroatoms. The van der Waals surface area contributed by atoms with Crippen molar-refractivity contribution in [2.75, 3.05) is 16.3 Å². The Morgan fingerprint density at radius 2 is 1.27 bits per heavy atom. The van der Waals surface area contributed by atoms with E-state index in [0.29, 0.717) is 17.0 Å². The summed E-state index contributed by atoms with van der Waals surface area (Å²) in [5.74, 6) is 1.55. The van der Waals surface area contributed by atoms with Crippen LogP contribution in [0.4, 0.5) is 28.4 Å². The molecular weight excluding hydrogens is 629 g/mol. The molecule has 0 N–H and O–H groups in total. The standard InChI is InChI=1S/C44H30N6O/c45-26-33-28-47-44(30-19-23-35(24-20-30)50-39-13-5-7-15-41(39)51-42-16-8-6-14-40(42)50)36(27-46)48-43(33)29-17-21-34(22-18-29)49-37-11-3-1-9-31(37)25-32-10-2-4-12-38(32)49/h1,3-9,11-24H,2,10,25,28H2. The van der Waals surface area contributed by atoms with Crippen molar-refractivity contribution in [3.8, 4) is 23.6 Å².